The summed E-state index contributed by atoms with van der Waals surface area (Å²) in [6.45, 7) is 0.343. The maximum Gasteiger partial charge on any atom is 0.296 e. The Morgan fingerprint density at radius 2 is 1.50 bits per heavy atom. The lowest BCUT2D eigenvalue weighted by Crippen LogP contribution is -2.13. The molecule has 2 aromatic rings. The number of nitrogens with one attached hydrogen (secondary N) is 2. The number of hydrogen-bond donors (Lipinski definition) is 4. The summed E-state index contributed by atoms with van der Waals surface area (Å²) in [4.78, 5) is 43.8. The second kappa shape index (κ2) is 10.4. The van der Waals surface area contributed by atoms with Gasteiger partial charge < -0.3 is 26.8 Å². The molecule has 2 aromatic carbocycles. The quantitative estimate of drug-likeness (QED) is 0.226. The van der Waals surface area contributed by atoms with Gasteiger partial charge in [0.05, 0.1) is 17.0 Å². The van der Waals surface area contributed by atoms with Crippen LogP contribution in [0.4, 0.5) is 22.7 Å². The number of anilines is 2. The standard InChI is InChI=1S/C19H20N6O7/c1-32-16-10-12(19(21)27)9-15(25(30)31)17(16)23-7-3-2-6-22-13-5-4-11(18(20)26)8-14(13)24(28)29/h2-5,8-10,22-23H,6-7H2,1H3,(H2,20,26)(H2,21,27)/b3-2+. The Morgan fingerprint density at radius 3 is 2.03 bits per heavy atom. The number of nitro groups is 2. The minimum absolute atomic E-state index is 0.0138. The third-order valence-corrected chi connectivity index (χ3v) is 4.24. The van der Waals surface area contributed by atoms with Crippen LogP contribution in [0.2, 0.25) is 0 Å². The first-order chi connectivity index (χ1) is 15.1. The van der Waals surface area contributed by atoms with Crippen LogP contribution in [0.1, 0.15) is 20.7 Å². The van der Waals surface area contributed by atoms with Gasteiger partial charge in [0.1, 0.15) is 11.4 Å². The molecule has 0 atom stereocenters. The van der Waals surface area contributed by atoms with Crippen molar-refractivity contribution in [1.82, 2.24) is 0 Å². The zero-order valence-electron chi connectivity index (χ0n) is 16.9. The van der Waals surface area contributed by atoms with E-state index in [2.05, 4.69) is 10.6 Å². The summed E-state index contributed by atoms with van der Waals surface area (Å²) < 4.78 is 5.12. The predicted octanol–water partition coefficient (Wildman–Crippen LogP) is 1.79. The van der Waals surface area contributed by atoms with Gasteiger partial charge in [0.2, 0.25) is 11.8 Å². The molecule has 2 amide bonds. The van der Waals surface area contributed by atoms with Crippen LogP contribution in [0.3, 0.4) is 0 Å². The summed E-state index contributed by atoms with van der Waals surface area (Å²) in [5.74, 6) is -1.54. The Hall–Kier alpha value is -4.68. The van der Waals surface area contributed by atoms with Crippen molar-refractivity contribution < 1.29 is 24.2 Å². The Bertz CT molecular complexity index is 1100. The van der Waals surface area contributed by atoms with Crippen LogP contribution in [-0.2, 0) is 0 Å². The SMILES string of the molecule is COc1cc(C(N)=O)cc([N+](=O)[O-])c1NC/C=C/CNc1ccc(C(N)=O)cc1[N+](=O)[O-]. The molecule has 0 aliphatic heterocycles. The molecule has 0 spiro atoms. The Labute approximate surface area is 181 Å². The lowest BCUT2D eigenvalue weighted by molar-refractivity contribution is -0.384. The molecule has 0 radical (unpaired) electrons. The Balaban J connectivity index is 2.07. The van der Waals surface area contributed by atoms with E-state index in [-0.39, 0.29) is 52.7 Å². The molecule has 2 rings (SSSR count). The van der Waals surface area contributed by atoms with Gasteiger partial charge in [0.25, 0.3) is 11.4 Å². The fourth-order valence-corrected chi connectivity index (χ4v) is 2.71. The van der Waals surface area contributed by atoms with E-state index in [9.17, 15) is 29.8 Å². The molecule has 0 saturated carbocycles. The smallest absolute Gasteiger partial charge is 0.296 e. The molecule has 0 aromatic heterocycles. The lowest BCUT2D eigenvalue weighted by Gasteiger charge is -2.11. The van der Waals surface area contributed by atoms with Crippen LogP contribution in [-0.4, -0.2) is 41.9 Å². The first-order valence-corrected chi connectivity index (χ1v) is 9.03. The number of rotatable bonds is 11. The maximum absolute atomic E-state index is 11.4. The van der Waals surface area contributed by atoms with Gasteiger partial charge in [-0.3, -0.25) is 29.8 Å². The number of amides is 2. The third kappa shape index (κ3) is 5.69. The summed E-state index contributed by atoms with van der Waals surface area (Å²) in [6.07, 6.45) is 3.26. The number of carbonyl (C=O) groups is 2. The van der Waals surface area contributed by atoms with Crippen LogP contribution >= 0.6 is 0 Å². The molecule has 0 saturated heterocycles. The van der Waals surface area contributed by atoms with Crippen molar-refractivity contribution in [2.75, 3.05) is 30.8 Å². The number of ether oxygens (including phenoxy) is 1. The zero-order chi connectivity index (χ0) is 23.8. The lowest BCUT2D eigenvalue weighted by atomic mass is 10.1. The molecule has 0 aliphatic rings. The highest BCUT2D eigenvalue weighted by atomic mass is 16.6. The van der Waals surface area contributed by atoms with E-state index in [1.54, 1.807) is 12.2 Å². The molecule has 0 fully saturated rings. The zero-order valence-corrected chi connectivity index (χ0v) is 16.9. The van der Waals surface area contributed by atoms with Gasteiger partial charge in [-0.05, 0) is 18.2 Å². The third-order valence-electron chi connectivity index (χ3n) is 4.24. The number of nitrogens with zero attached hydrogens (tertiary/aromatic N) is 2. The highest BCUT2D eigenvalue weighted by molar-refractivity contribution is 5.96. The second-order valence-corrected chi connectivity index (χ2v) is 6.28. The van der Waals surface area contributed by atoms with Gasteiger partial charge in [-0.15, -0.1) is 0 Å². The molecule has 168 valence electrons. The topological polar surface area (TPSA) is 206 Å². The molecule has 0 unspecified atom stereocenters. The fourth-order valence-electron chi connectivity index (χ4n) is 2.71. The van der Waals surface area contributed by atoms with Crippen molar-refractivity contribution in [1.29, 1.82) is 0 Å². The molecule has 32 heavy (non-hydrogen) atoms. The van der Waals surface area contributed by atoms with Crippen molar-refractivity contribution in [2.45, 2.75) is 0 Å². The van der Waals surface area contributed by atoms with E-state index >= 15 is 0 Å². The van der Waals surface area contributed by atoms with Crippen molar-refractivity contribution in [3.8, 4) is 5.75 Å². The van der Waals surface area contributed by atoms with Crippen molar-refractivity contribution in [2.24, 2.45) is 11.5 Å². The van der Waals surface area contributed by atoms with Crippen LogP contribution < -0.4 is 26.8 Å². The van der Waals surface area contributed by atoms with Crippen molar-refractivity contribution >= 4 is 34.6 Å². The largest absolute Gasteiger partial charge is 0.494 e. The fraction of sp³-hybridized carbons (Fsp3) is 0.158. The summed E-state index contributed by atoms with van der Waals surface area (Å²) in [5, 5.41) is 28.2. The minimum atomic E-state index is -0.832. The Kier molecular flexibility index (Phi) is 7.65. The summed E-state index contributed by atoms with van der Waals surface area (Å²) in [7, 11) is 1.30. The van der Waals surface area contributed by atoms with Crippen LogP contribution in [0.5, 0.6) is 5.75 Å². The number of nitrogens with two attached hydrogens (primary N) is 2. The van der Waals surface area contributed by atoms with E-state index in [4.69, 9.17) is 16.2 Å². The van der Waals surface area contributed by atoms with Gasteiger partial charge in [0, 0.05) is 36.3 Å². The van der Waals surface area contributed by atoms with Crippen LogP contribution in [0.25, 0.3) is 0 Å². The van der Waals surface area contributed by atoms with Crippen LogP contribution in [0, 0.1) is 20.2 Å². The first-order valence-electron chi connectivity index (χ1n) is 9.03. The molecule has 0 aliphatic carbocycles. The summed E-state index contributed by atoms with van der Waals surface area (Å²) in [5.41, 5.74) is 9.85. The van der Waals surface area contributed by atoms with Crippen molar-refractivity contribution in [3.63, 3.8) is 0 Å². The first kappa shape index (κ1) is 23.6. The number of nitro benzene ring substituents is 2. The molecule has 6 N–H and O–H groups in total. The average molecular weight is 444 g/mol. The van der Waals surface area contributed by atoms with E-state index in [1.807, 2.05) is 0 Å². The van der Waals surface area contributed by atoms with Gasteiger partial charge in [-0.2, -0.15) is 0 Å². The van der Waals surface area contributed by atoms with E-state index in [1.165, 1.54) is 25.3 Å². The second-order valence-electron chi connectivity index (χ2n) is 6.28. The molecular formula is C19H20N6O7. The Morgan fingerprint density at radius 1 is 0.938 bits per heavy atom. The predicted molar refractivity (Wildman–Crippen MR) is 116 cm³/mol. The number of methoxy groups -OCH3 is 1. The highest BCUT2D eigenvalue weighted by Gasteiger charge is 2.22. The normalized spacial score (nSPS) is 10.5. The molecular weight excluding hydrogens is 424 g/mol. The van der Waals surface area contributed by atoms with E-state index in [0.29, 0.717) is 0 Å². The monoisotopic (exact) mass is 444 g/mol. The number of carbonyl (C=O) groups excluding carboxylic acids is 2. The molecule has 0 heterocycles. The van der Waals surface area contributed by atoms with Crippen molar-refractivity contribution in [3.05, 3.63) is 73.8 Å². The summed E-state index contributed by atoms with van der Waals surface area (Å²) >= 11 is 0. The number of benzene rings is 2. The van der Waals surface area contributed by atoms with Gasteiger partial charge in [-0.1, -0.05) is 12.2 Å². The molecule has 13 nitrogen and oxygen atoms in total. The highest BCUT2D eigenvalue weighted by Crippen LogP contribution is 2.35. The number of hydrogen-bond acceptors (Lipinski definition) is 9. The van der Waals surface area contributed by atoms with Gasteiger partial charge >= 0.3 is 0 Å². The van der Waals surface area contributed by atoms with Gasteiger partial charge in [0.15, 0.2) is 5.69 Å². The van der Waals surface area contributed by atoms with E-state index in [0.717, 1.165) is 12.1 Å². The van der Waals surface area contributed by atoms with Gasteiger partial charge in [-0.25, -0.2) is 0 Å². The summed E-state index contributed by atoms with van der Waals surface area (Å²) in [6, 6.07) is 6.16. The number of primary amides is 2. The van der Waals surface area contributed by atoms with Crippen LogP contribution in [0.15, 0.2) is 42.5 Å². The minimum Gasteiger partial charge on any atom is -0.494 e. The maximum atomic E-state index is 11.4. The van der Waals surface area contributed by atoms with E-state index < -0.39 is 21.7 Å². The molecule has 0 bridgehead atoms. The molecule has 13 heteroatoms. The average Bonchev–Trinajstić information content (AvgIpc) is 2.75.